The molecule has 0 fully saturated rings. The van der Waals surface area contributed by atoms with Crippen molar-refractivity contribution in [2.45, 2.75) is 90.2 Å². The standard InChI is InChI=1S/C16H32Cl2O/c1-11(2)13(9-15(5,6)17)19-14(12(3)4)10-16(7,8)18/h11-14H,9-10H2,1-8H3. The SMILES string of the molecule is CC(C)C(CC(C)(C)Cl)OC(CC(C)(C)Cl)C(C)C. The van der Waals surface area contributed by atoms with Crippen LogP contribution in [0.15, 0.2) is 0 Å². The number of hydrogen-bond acceptors (Lipinski definition) is 1. The van der Waals surface area contributed by atoms with Gasteiger partial charge in [0.1, 0.15) is 0 Å². The van der Waals surface area contributed by atoms with Crippen molar-refractivity contribution < 1.29 is 4.74 Å². The summed E-state index contributed by atoms with van der Waals surface area (Å²) >= 11 is 12.7. The summed E-state index contributed by atoms with van der Waals surface area (Å²) in [4.78, 5) is -0.458. The molecule has 0 rings (SSSR count). The summed E-state index contributed by atoms with van der Waals surface area (Å²) in [6, 6.07) is 0. The maximum Gasteiger partial charge on any atom is 0.0618 e. The lowest BCUT2D eigenvalue weighted by atomic mass is 9.93. The average molecular weight is 311 g/mol. The predicted molar refractivity (Wildman–Crippen MR) is 87.4 cm³/mol. The van der Waals surface area contributed by atoms with Gasteiger partial charge in [-0.1, -0.05) is 27.7 Å². The molecule has 0 aliphatic rings. The lowest BCUT2D eigenvalue weighted by Gasteiger charge is -2.35. The van der Waals surface area contributed by atoms with Crippen LogP contribution in [0.1, 0.15) is 68.2 Å². The fourth-order valence-corrected chi connectivity index (χ4v) is 2.37. The Labute approximate surface area is 130 Å². The van der Waals surface area contributed by atoms with Gasteiger partial charge in [0.2, 0.25) is 0 Å². The van der Waals surface area contributed by atoms with E-state index in [1.807, 2.05) is 27.7 Å². The number of hydrogen-bond donors (Lipinski definition) is 0. The van der Waals surface area contributed by atoms with Gasteiger partial charge in [-0.25, -0.2) is 0 Å². The van der Waals surface area contributed by atoms with Crippen LogP contribution < -0.4 is 0 Å². The molecule has 1 nitrogen and oxygen atoms in total. The first kappa shape index (κ1) is 19.5. The molecular weight excluding hydrogens is 279 g/mol. The third kappa shape index (κ3) is 9.98. The molecule has 0 aromatic carbocycles. The zero-order valence-corrected chi connectivity index (χ0v) is 15.4. The highest BCUT2D eigenvalue weighted by molar-refractivity contribution is 6.23. The number of rotatable bonds is 8. The van der Waals surface area contributed by atoms with Crippen molar-refractivity contribution in [3.8, 4) is 0 Å². The van der Waals surface area contributed by atoms with Gasteiger partial charge in [-0.3, -0.25) is 0 Å². The van der Waals surface area contributed by atoms with E-state index in [0.29, 0.717) is 11.8 Å². The van der Waals surface area contributed by atoms with Crippen LogP contribution in [0.25, 0.3) is 0 Å². The van der Waals surface area contributed by atoms with Crippen LogP contribution >= 0.6 is 23.2 Å². The second-order valence-electron chi connectivity index (χ2n) is 7.55. The molecule has 2 atom stereocenters. The lowest BCUT2D eigenvalue weighted by molar-refractivity contribution is -0.0694. The van der Waals surface area contributed by atoms with E-state index < -0.39 is 0 Å². The van der Waals surface area contributed by atoms with E-state index in [0.717, 1.165) is 12.8 Å². The maximum absolute atomic E-state index is 6.36. The second kappa shape index (κ2) is 7.52. The monoisotopic (exact) mass is 310 g/mol. The Morgan fingerprint density at radius 1 is 0.737 bits per heavy atom. The molecule has 0 aromatic heterocycles. The molecule has 0 radical (unpaired) electrons. The Kier molecular flexibility index (Phi) is 7.73. The van der Waals surface area contributed by atoms with Crippen LogP contribution in [0, 0.1) is 11.8 Å². The maximum atomic E-state index is 6.36. The van der Waals surface area contributed by atoms with Gasteiger partial charge in [0.15, 0.2) is 0 Å². The molecule has 0 aliphatic carbocycles. The highest BCUT2D eigenvalue weighted by Crippen LogP contribution is 2.31. The summed E-state index contributed by atoms with van der Waals surface area (Å²) in [6.07, 6.45) is 2.08. The third-order valence-corrected chi connectivity index (χ3v) is 3.52. The molecule has 3 heteroatoms. The quantitative estimate of drug-likeness (QED) is 0.510. The fraction of sp³-hybridized carbons (Fsp3) is 1.00. The zero-order valence-electron chi connectivity index (χ0n) is 13.9. The summed E-state index contributed by atoms with van der Waals surface area (Å²) in [5.74, 6) is 0.912. The Hall–Kier alpha value is 0.540. The highest BCUT2D eigenvalue weighted by atomic mass is 35.5. The van der Waals surface area contributed by atoms with E-state index in [4.69, 9.17) is 27.9 Å². The van der Waals surface area contributed by atoms with Crippen molar-refractivity contribution >= 4 is 23.2 Å². The Morgan fingerprint density at radius 3 is 1.16 bits per heavy atom. The molecule has 0 aliphatic heterocycles. The van der Waals surface area contributed by atoms with Crippen molar-refractivity contribution in [2.75, 3.05) is 0 Å². The van der Waals surface area contributed by atoms with E-state index in [1.54, 1.807) is 0 Å². The van der Waals surface area contributed by atoms with Gasteiger partial charge in [-0.2, -0.15) is 0 Å². The van der Waals surface area contributed by atoms with E-state index in [-0.39, 0.29) is 22.0 Å². The minimum atomic E-state index is -0.229. The number of halogens is 2. The van der Waals surface area contributed by atoms with Crippen molar-refractivity contribution in [3.63, 3.8) is 0 Å². The van der Waals surface area contributed by atoms with Gasteiger partial charge in [0.05, 0.1) is 12.2 Å². The molecule has 0 amide bonds. The molecule has 0 spiro atoms. The number of ether oxygens (including phenoxy) is 1. The molecular formula is C16H32Cl2O. The van der Waals surface area contributed by atoms with Crippen LogP contribution in [0.3, 0.4) is 0 Å². The van der Waals surface area contributed by atoms with Gasteiger partial charge in [0, 0.05) is 9.75 Å². The van der Waals surface area contributed by atoms with Crippen molar-refractivity contribution in [1.82, 2.24) is 0 Å². The van der Waals surface area contributed by atoms with Crippen LogP contribution in [-0.2, 0) is 4.74 Å². The summed E-state index contributed by atoms with van der Waals surface area (Å²) < 4.78 is 6.36. The smallest absolute Gasteiger partial charge is 0.0618 e. The van der Waals surface area contributed by atoms with E-state index in [9.17, 15) is 0 Å². The third-order valence-electron chi connectivity index (χ3n) is 3.21. The Bertz CT molecular complexity index is 222. The summed E-state index contributed by atoms with van der Waals surface area (Å²) in [5, 5.41) is 0. The van der Waals surface area contributed by atoms with Gasteiger partial charge in [-0.15, -0.1) is 23.2 Å². The molecule has 0 heterocycles. The van der Waals surface area contributed by atoms with Crippen molar-refractivity contribution in [2.24, 2.45) is 11.8 Å². The van der Waals surface area contributed by atoms with Crippen LogP contribution in [-0.4, -0.2) is 22.0 Å². The van der Waals surface area contributed by atoms with Crippen LogP contribution in [0.5, 0.6) is 0 Å². The van der Waals surface area contributed by atoms with Gasteiger partial charge in [0.25, 0.3) is 0 Å². The molecule has 0 bridgehead atoms. The van der Waals surface area contributed by atoms with E-state index in [2.05, 4.69) is 27.7 Å². The average Bonchev–Trinajstić information content (AvgIpc) is 2.10. The van der Waals surface area contributed by atoms with Crippen LogP contribution in [0.4, 0.5) is 0 Å². The molecule has 116 valence electrons. The Balaban J connectivity index is 4.76. The Morgan fingerprint density at radius 2 is 1.00 bits per heavy atom. The first-order valence-corrected chi connectivity index (χ1v) is 8.10. The first-order valence-electron chi connectivity index (χ1n) is 7.35. The number of alkyl halides is 2. The van der Waals surface area contributed by atoms with E-state index in [1.165, 1.54) is 0 Å². The van der Waals surface area contributed by atoms with Crippen LogP contribution in [0.2, 0.25) is 0 Å². The largest absolute Gasteiger partial charge is 0.374 e. The van der Waals surface area contributed by atoms with Gasteiger partial charge in [-0.05, 0) is 52.4 Å². The topological polar surface area (TPSA) is 9.23 Å². The summed E-state index contributed by atoms with van der Waals surface area (Å²) in [5.41, 5.74) is 0. The minimum Gasteiger partial charge on any atom is -0.374 e. The lowest BCUT2D eigenvalue weighted by Crippen LogP contribution is -2.36. The van der Waals surface area contributed by atoms with Crippen molar-refractivity contribution in [1.29, 1.82) is 0 Å². The van der Waals surface area contributed by atoms with E-state index >= 15 is 0 Å². The summed E-state index contributed by atoms with van der Waals surface area (Å²) in [6.45, 7) is 16.9. The highest BCUT2D eigenvalue weighted by Gasteiger charge is 2.30. The summed E-state index contributed by atoms with van der Waals surface area (Å²) in [7, 11) is 0. The second-order valence-corrected chi connectivity index (χ2v) is 9.59. The fourth-order valence-electron chi connectivity index (χ4n) is 2.06. The zero-order chi connectivity index (χ0) is 15.4. The predicted octanol–water partition coefficient (Wildman–Crippen LogP) is 5.87. The molecule has 0 saturated carbocycles. The normalized spacial score (nSPS) is 17.1. The van der Waals surface area contributed by atoms with Gasteiger partial charge >= 0.3 is 0 Å². The minimum absolute atomic E-state index is 0.180. The molecule has 19 heavy (non-hydrogen) atoms. The first-order chi connectivity index (χ1) is 8.32. The molecule has 2 unspecified atom stereocenters. The molecule has 0 aromatic rings. The van der Waals surface area contributed by atoms with Gasteiger partial charge < -0.3 is 4.74 Å². The van der Waals surface area contributed by atoms with Crippen molar-refractivity contribution in [3.05, 3.63) is 0 Å². The molecule has 0 saturated heterocycles. The molecule has 0 N–H and O–H groups in total.